The van der Waals surface area contributed by atoms with Crippen LogP contribution in [0.1, 0.15) is 11.4 Å². The standard InChI is InChI=1S/C13H11BrFN3O2/c1-8-3-2-4-9(17-8)7-16-12-6-11(15)10(14)5-13(12)18(19)20/h2-6,16H,7H2,1H3. The normalized spacial score (nSPS) is 10.3. The van der Waals surface area contributed by atoms with Gasteiger partial charge in [0.2, 0.25) is 0 Å². The second-order valence-corrected chi connectivity index (χ2v) is 5.02. The Morgan fingerprint density at radius 1 is 1.45 bits per heavy atom. The summed E-state index contributed by atoms with van der Waals surface area (Å²) >= 11 is 2.93. The monoisotopic (exact) mass is 339 g/mol. The number of benzene rings is 1. The molecule has 104 valence electrons. The fourth-order valence-electron chi connectivity index (χ4n) is 1.71. The molecule has 1 aromatic carbocycles. The number of aryl methyl sites for hydroxylation is 1. The molecule has 1 aromatic heterocycles. The molecule has 0 unspecified atom stereocenters. The Morgan fingerprint density at radius 3 is 2.85 bits per heavy atom. The first-order valence-electron chi connectivity index (χ1n) is 5.77. The lowest BCUT2D eigenvalue weighted by atomic mass is 10.2. The lowest BCUT2D eigenvalue weighted by Crippen LogP contribution is -2.05. The van der Waals surface area contributed by atoms with Crippen LogP contribution in [-0.4, -0.2) is 9.91 Å². The Balaban J connectivity index is 2.24. The van der Waals surface area contributed by atoms with E-state index in [-0.39, 0.29) is 22.4 Å². The molecular formula is C13H11BrFN3O2. The first kappa shape index (κ1) is 14.4. The van der Waals surface area contributed by atoms with Crippen molar-refractivity contribution >= 4 is 27.3 Å². The van der Waals surface area contributed by atoms with E-state index in [2.05, 4.69) is 26.2 Å². The number of pyridine rings is 1. The molecule has 2 rings (SSSR count). The van der Waals surface area contributed by atoms with Crippen molar-refractivity contribution in [1.29, 1.82) is 0 Å². The third-order valence-electron chi connectivity index (χ3n) is 2.64. The molecule has 0 spiro atoms. The highest BCUT2D eigenvalue weighted by molar-refractivity contribution is 9.10. The average molecular weight is 340 g/mol. The van der Waals surface area contributed by atoms with E-state index in [0.717, 1.165) is 23.5 Å². The molecule has 0 aliphatic carbocycles. The lowest BCUT2D eigenvalue weighted by molar-refractivity contribution is -0.384. The van der Waals surface area contributed by atoms with E-state index >= 15 is 0 Å². The Kier molecular flexibility index (Phi) is 4.29. The van der Waals surface area contributed by atoms with Gasteiger partial charge in [0.1, 0.15) is 11.5 Å². The SMILES string of the molecule is Cc1cccc(CNc2cc(F)c(Br)cc2[N+](=O)[O-])n1. The number of nitrogens with zero attached hydrogens (tertiary/aromatic N) is 2. The maximum atomic E-state index is 13.5. The summed E-state index contributed by atoms with van der Waals surface area (Å²) in [6, 6.07) is 7.72. The second-order valence-electron chi connectivity index (χ2n) is 4.16. The molecule has 0 bridgehead atoms. The highest BCUT2D eigenvalue weighted by Crippen LogP contribution is 2.30. The zero-order valence-electron chi connectivity index (χ0n) is 10.6. The van der Waals surface area contributed by atoms with Crippen molar-refractivity contribution in [2.75, 3.05) is 5.32 Å². The lowest BCUT2D eigenvalue weighted by Gasteiger charge is -2.08. The molecule has 0 aliphatic rings. The molecule has 0 atom stereocenters. The van der Waals surface area contributed by atoms with Crippen LogP contribution in [0.2, 0.25) is 0 Å². The van der Waals surface area contributed by atoms with Gasteiger partial charge in [-0.15, -0.1) is 0 Å². The van der Waals surface area contributed by atoms with Crippen LogP contribution in [0.15, 0.2) is 34.8 Å². The van der Waals surface area contributed by atoms with Crippen molar-refractivity contribution in [3.8, 4) is 0 Å². The van der Waals surface area contributed by atoms with E-state index in [1.807, 2.05) is 19.1 Å². The molecule has 0 radical (unpaired) electrons. The Bertz CT molecular complexity index is 664. The topological polar surface area (TPSA) is 68.1 Å². The minimum absolute atomic E-state index is 0.0587. The summed E-state index contributed by atoms with van der Waals surface area (Å²) in [5, 5.41) is 13.8. The molecule has 5 nitrogen and oxygen atoms in total. The molecule has 0 saturated heterocycles. The van der Waals surface area contributed by atoms with E-state index in [1.54, 1.807) is 6.07 Å². The largest absolute Gasteiger partial charge is 0.374 e. The molecule has 0 aliphatic heterocycles. The van der Waals surface area contributed by atoms with Crippen LogP contribution in [0, 0.1) is 22.9 Å². The highest BCUT2D eigenvalue weighted by atomic mass is 79.9. The summed E-state index contributed by atoms with van der Waals surface area (Å²) in [6.45, 7) is 2.13. The Labute approximate surface area is 123 Å². The van der Waals surface area contributed by atoms with Crippen LogP contribution in [0.4, 0.5) is 15.8 Å². The third-order valence-corrected chi connectivity index (χ3v) is 3.25. The van der Waals surface area contributed by atoms with Crippen molar-refractivity contribution in [1.82, 2.24) is 4.98 Å². The summed E-state index contributed by atoms with van der Waals surface area (Å²) in [6.07, 6.45) is 0. The first-order chi connectivity index (χ1) is 9.47. The van der Waals surface area contributed by atoms with Crippen molar-refractivity contribution < 1.29 is 9.31 Å². The number of anilines is 1. The van der Waals surface area contributed by atoms with Crippen LogP contribution in [0.5, 0.6) is 0 Å². The highest BCUT2D eigenvalue weighted by Gasteiger charge is 2.17. The average Bonchev–Trinajstić information content (AvgIpc) is 2.39. The fraction of sp³-hybridized carbons (Fsp3) is 0.154. The number of halogens is 2. The number of hydrogen-bond acceptors (Lipinski definition) is 4. The summed E-state index contributed by atoms with van der Waals surface area (Å²) in [5.74, 6) is -0.560. The van der Waals surface area contributed by atoms with Gasteiger partial charge in [-0.25, -0.2) is 4.39 Å². The molecule has 20 heavy (non-hydrogen) atoms. The van der Waals surface area contributed by atoms with E-state index in [9.17, 15) is 14.5 Å². The van der Waals surface area contributed by atoms with Gasteiger partial charge in [0.05, 0.1) is 21.6 Å². The number of rotatable bonds is 4. The van der Waals surface area contributed by atoms with E-state index in [1.165, 1.54) is 0 Å². The maximum Gasteiger partial charge on any atom is 0.293 e. The number of nitrogens with one attached hydrogen (secondary N) is 1. The third kappa shape index (κ3) is 3.30. The Morgan fingerprint density at radius 2 is 2.20 bits per heavy atom. The number of hydrogen-bond donors (Lipinski definition) is 1. The van der Waals surface area contributed by atoms with Gasteiger partial charge in [-0.3, -0.25) is 15.1 Å². The molecule has 0 saturated carbocycles. The van der Waals surface area contributed by atoms with Crippen LogP contribution >= 0.6 is 15.9 Å². The molecular weight excluding hydrogens is 329 g/mol. The Hall–Kier alpha value is -2.02. The summed E-state index contributed by atoms with van der Waals surface area (Å²) in [7, 11) is 0. The predicted molar refractivity (Wildman–Crippen MR) is 77.1 cm³/mol. The van der Waals surface area contributed by atoms with E-state index in [4.69, 9.17) is 0 Å². The predicted octanol–water partition coefficient (Wildman–Crippen LogP) is 3.81. The molecule has 0 amide bonds. The zero-order chi connectivity index (χ0) is 14.7. The van der Waals surface area contributed by atoms with Crippen molar-refractivity contribution in [2.24, 2.45) is 0 Å². The van der Waals surface area contributed by atoms with Crippen molar-refractivity contribution in [3.63, 3.8) is 0 Å². The summed E-state index contributed by atoms with van der Waals surface area (Å²) in [5.41, 5.74) is 1.51. The molecule has 1 heterocycles. The van der Waals surface area contributed by atoms with Gasteiger partial charge in [0.15, 0.2) is 0 Å². The van der Waals surface area contributed by atoms with Gasteiger partial charge in [-0.2, -0.15) is 0 Å². The van der Waals surface area contributed by atoms with Crippen LogP contribution in [0.3, 0.4) is 0 Å². The van der Waals surface area contributed by atoms with Crippen LogP contribution in [-0.2, 0) is 6.54 Å². The number of nitro benzene ring substituents is 1. The molecule has 2 aromatic rings. The minimum atomic E-state index is -0.560. The maximum absolute atomic E-state index is 13.5. The smallest absolute Gasteiger partial charge is 0.293 e. The van der Waals surface area contributed by atoms with Gasteiger partial charge in [0, 0.05) is 17.8 Å². The van der Waals surface area contributed by atoms with Gasteiger partial charge >= 0.3 is 0 Å². The summed E-state index contributed by atoms with van der Waals surface area (Å²) < 4.78 is 13.5. The van der Waals surface area contributed by atoms with Crippen molar-refractivity contribution in [3.05, 3.63) is 62.1 Å². The molecule has 7 heteroatoms. The first-order valence-corrected chi connectivity index (χ1v) is 6.56. The molecule has 0 fully saturated rings. The number of aromatic nitrogens is 1. The van der Waals surface area contributed by atoms with Gasteiger partial charge < -0.3 is 5.32 Å². The number of nitro groups is 1. The van der Waals surface area contributed by atoms with E-state index in [0.29, 0.717) is 0 Å². The van der Waals surface area contributed by atoms with Crippen LogP contribution in [0.25, 0.3) is 0 Å². The quantitative estimate of drug-likeness (QED) is 0.679. The van der Waals surface area contributed by atoms with Gasteiger partial charge in [-0.05, 0) is 35.0 Å². The van der Waals surface area contributed by atoms with Gasteiger partial charge in [0.25, 0.3) is 5.69 Å². The van der Waals surface area contributed by atoms with E-state index < -0.39 is 10.7 Å². The zero-order valence-corrected chi connectivity index (χ0v) is 12.1. The minimum Gasteiger partial charge on any atom is -0.374 e. The van der Waals surface area contributed by atoms with Crippen LogP contribution < -0.4 is 5.32 Å². The summed E-state index contributed by atoms with van der Waals surface area (Å²) in [4.78, 5) is 14.7. The fourth-order valence-corrected chi connectivity index (χ4v) is 2.04. The van der Waals surface area contributed by atoms with Gasteiger partial charge in [-0.1, -0.05) is 6.07 Å². The molecule has 1 N–H and O–H groups in total. The van der Waals surface area contributed by atoms with Crippen molar-refractivity contribution in [2.45, 2.75) is 13.5 Å². The second kappa shape index (κ2) is 5.96.